The minimum absolute atomic E-state index is 0.151. The number of halogens is 2. The zero-order chi connectivity index (χ0) is 19.9. The Morgan fingerprint density at radius 3 is 2.75 bits per heavy atom. The number of ketones is 1. The molecule has 0 saturated carbocycles. The van der Waals surface area contributed by atoms with Gasteiger partial charge in [-0.15, -0.1) is 0 Å². The van der Waals surface area contributed by atoms with E-state index in [1.165, 1.54) is 0 Å². The average Bonchev–Trinajstić information content (AvgIpc) is 3.26. The lowest BCUT2D eigenvalue weighted by atomic mass is 9.98. The topological polar surface area (TPSA) is 44.1 Å². The van der Waals surface area contributed by atoms with Crippen molar-refractivity contribution in [1.82, 2.24) is 9.78 Å². The van der Waals surface area contributed by atoms with Crippen LogP contribution in [0, 0.1) is 0 Å². The number of carbonyl (C=O) groups excluding carboxylic acids is 1. The number of nitrogens with zero attached hydrogens (tertiary/aromatic N) is 2. The van der Waals surface area contributed by atoms with Gasteiger partial charge in [0.15, 0.2) is 0 Å². The lowest BCUT2D eigenvalue weighted by Gasteiger charge is -2.16. The second-order valence-corrected chi connectivity index (χ2v) is 8.18. The molecule has 0 fully saturated rings. The lowest BCUT2D eigenvalue weighted by Crippen LogP contribution is -2.24. The van der Waals surface area contributed by atoms with Crippen molar-refractivity contribution >= 4 is 40.8 Å². The smallest absolute Gasteiger partial charge is 0.211 e. The van der Waals surface area contributed by atoms with Crippen molar-refractivity contribution < 1.29 is 9.53 Å². The van der Waals surface area contributed by atoms with Crippen LogP contribution >= 0.6 is 23.2 Å². The fourth-order valence-corrected chi connectivity index (χ4v) is 3.77. The predicted octanol–water partition coefficient (Wildman–Crippen LogP) is 5.78. The van der Waals surface area contributed by atoms with Gasteiger partial charge < -0.3 is 4.74 Å². The zero-order valence-corrected chi connectivity index (χ0v) is 17.0. The highest BCUT2D eigenvalue weighted by Gasteiger charge is 2.30. The Bertz CT molecular complexity index is 1090. The number of hydrogen-bond acceptors (Lipinski definition) is 3. The van der Waals surface area contributed by atoms with Gasteiger partial charge in [0, 0.05) is 34.4 Å². The first-order valence-corrected chi connectivity index (χ1v) is 9.61. The average molecular weight is 413 g/mol. The van der Waals surface area contributed by atoms with Gasteiger partial charge >= 0.3 is 0 Å². The van der Waals surface area contributed by atoms with E-state index in [0.29, 0.717) is 26.9 Å². The maximum absolute atomic E-state index is 13.3. The van der Waals surface area contributed by atoms with E-state index >= 15 is 0 Å². The molecule has 0 unspecified atom stereocenters. The summed E-state index contributed by atoms with van der Waals surface area (Å²) in [6.07, 6.45) is 5.84. The van der Waals surface area contributed by atoms with Crippen LogP contribution in [0.15, 0.2) is 54.9 Å². The SMILES string of the molecule is CC1(C)Cc2cc(C(=O)C(=Cc3ccc(Cl)cc3Cl)n3cccn3)ccc2O1. The summed E-state index contributed by atoms with van der Waals surface area (Å²) in [6.45, 7) is 4.07. The highest BCUT2D eigenvalue weighted by molar-refractivity contribution is 6.36. The van der Waals surface area contributed by atoms with E-state index in [-0.39, 0.29) is 11.4 Å². The number of rotatable bonds is 4. The van der Waals surface area contributed by atoms with Gasteiger partial charge in [0.25, 0.3) is 0 Å². The first-order chi connectivity index (χ1) is 13.3. The van der Waals surface area contributed by atoms with Gasteiger partial charge in [-0.2, -0.15) is 5.10 Å². The molecule has 0 bridgehead atoms. The molecule has 4 nitrogen and oxygen atoms in total. The highest BCUT2D eigenvalue weighted by atomic mass is 35.5. The molecule has 0 radical (unpaired) electrons. The van der Waals surface area contributed by atoms with Crippen LogP contribution in [-0.2, 0) is 6.42 Å². The highest BCUT2D eigenvalue weighted by Crippen LogP contribution is 2.36. The summed E-state index contributed by atoms with van der Waals surface area (Å²) in [5, 5.41) is 5.24. The molecular weight excluding hydrogens is 395 g/mol. The number of aromatic nitrogens is 2. The molecule has 4 rings (SSSR count). The van der Waals surface area contributed by atoms with Crippen LogP contribution in [-0.4, -0.2) is 21.2 Å². The first-order valence-electron chi connectivity index (χ1n) is 8.86. The number of allylic oxidation sites excluding steroid dienone is 1. The van der Waals surface area contributed by atoms with Crippen LogP contribution in [0.25, 0.3) is 11.8 Å². The van der Waals surface area contributed by atoms with Crippen molar-refractivity contribution in [3.8, 4) is 5.75 Å². The van der Waals surface area contributed by atoms with Gasteiger partial charge in [0.05, 0.1) is 0 Å². The molecule has 142 valence electrons. The van der Waals surface area contributed by atoms with Gasteiger partial charge in [-0.3, -0.25) is 4.79 Å². The number of hydrogen-bond donors (Lipinski definition) is 0. The summed E-state index contributed by atoms with van der Waals surface area (Å²) in [7, 11) is 0. The van der Waals surface area contributed by atoms with Crippen LogP contribution < -0.4 is 4.74 Å². The molecule has 0 atom stereocenters. The van der Waals surface area contributed by atoms with Crippen molar-refractivity contribution in [2.24, 2.45) is 0 Å². The molecule has 0 spiro atoms. The number of carbonyl (C=O) groups is 1. The van der Waals surface area contributed by atoms with E-state index in [0.717, 1.165) is 17.7 Å². The summed E-state index contributed by atoms with van der Waals surface area (Å²) in [4.78, 5) is 13.3. The largest absolute Gasteiger partial charge is 0.487 e. The van der Waals surface area contributed by atoms with E-state index < -0.39 is 0 Å². The molecule has 2 heterocycles. The van der Waals surface area contributed by atoms with Gasteiger partial charge in [-0.05, 0) is 67.4 Å². The predicted molar refractivity (Wildman–Crippen MR) is 112 cm³/mol. The van der Waals surface area contributed by atoms with Gasteiger partial charge in [-0.1, -0.05) is 29.3 Å². The zero-order valence-electron chi connectivity index (χ0n) is 15.4. The third-order valence-electron chi connectivity index (χ3n) is 4.56. The van der Waals surface area contributed by atoms with Crippen molar-refractivity contribution in [2.45, 2.75) is 25.9 Å². The standard InChI is InChI=1S/C22H18Cl2N2O2/c1-22(2)13-16-10-15(5-7-20(16)28-22)21(27)19(26-9-3-8-25-26)11-14-4-6-17(23)12-18(14)24/h3-12H,13H2,1-2H3. The molecule has 28 heavy (non-hydrogen) atoms. The van der Waals surface area contributed by atoms with E-state index in [1.54, 1.807) is 53.5 Å². The molecule has 6 heteroatoms. The summed E-state index contributed by atoms with van der Waals surface area (Å²) in [5.74, 6) is 0.675. The van der Waals surface area contributed by atoms with Crippen molar-refractivity contribution in [3.05, 3.63) is 81.6 Å². The molecular formula is C22H18Cl2N2O2. The Labute approximate surface area is 173 Å². The molecule has 1 aliphatic rings. The van der Waals surface area contributed by atoms with Gasteiger partial charge in [0.2, 0.25) is 5.78 Å². The number of Topliss-reactive ketones (excluding diaryl/α,β-unsaturated/α-hetero) is 1. The van der Waals surface area contributed by atoms with E-state index in [2.05, 4.69) is 5.10 Å². The van der Waals surface area contributed by atoms with Gasteiger partial charge in [-0.25, -0.2) is 4.68 Å². The minimum Gasteiger partial charge on any atom is -0.487 e. The Morgan fingerprint density at radius 1 is 1.21 bits per heavy atom. The number of fused-ring (bicyclic) bond motifs is 1. The van der Waals surface area contributed by atoms with E-state index in [4.69, 9.17) is 27.9 Å². The Hall–Kier alpha value is -2.56. The fraction of sp³-hybridized carbons (Fsp3) is 0.182. The fourth-order valence-electron chi connectivity index (χ4n) is 3.31. The molecule has 3 aromatic rings. The Kier molecular flexibility index (Phi) is 4.77. The number of benzene rings is 2. The second-order valence-electron chi connectivity index (χ2n) is 7.34. The molecule has 0 aliphatic carbocycles. The minimum atomic E-state index is -0.262. The van der Waals surface area contributed by atoms with Crippen molar-refractivity contribution in [3.63, 3.8) is 0 Å². The quantitative estimate of drug-likeness (QED) is 0.402. The second kappa shape index (κ2) is 7.12. The lowest BCUT2D eigenvalue weighted by molar-refractivity contribution is 0.105. The van der Waals surface area contributed by atoms with Crippen LogP contribution in [0.5, 0.6) is 5.75 Å². The number of ether oxygens (including phenoxy) is 1. The molecule has 0 saturated heterocycles. The Balaban J connectivity index is 1.76. The molecule has 1 aliphatic heterocycles. The van der Waals surface area contributed by atoms with Crippen LogP contribution in [0.4, 0.5) is 0 Å². The normalized spacial score (nSPS) is 15.2. The Morgan fingerprint density at radius 2 is 2.04 bits per heavy atom. The summed E-state index contributed by atoms with van der Waals surface area (Å²) in [5.41, 5.74) is 2.43. The summed E-state index contributed by atoms with van der Waals surface area (Å²) < 4.78 is 7.45. The van der Waals surface area contributed by atoms with E-state index in [9.17, 15) is 4.79 Å². The maximum Gasteiger partial charge on any atom is 0.211 e. The van der Waals surface area contributed by atoms with E-state index in [1.807, 2.05) is 26.0 Å². The summed E-state index contributed by atoms with van der Waals surface area (Å²) in [6, 6.07) is 12.5. The van der Waals surface area contributed by atoms with Gasteiger partial charge in [0.1, 0.15) is 17.0 Å². The third-order valence-corrected chi connectivity index (χ3v) is 5.13. The molecule has 0 N–H and O–H groups in total. The van der Waals surface area contributed by atoms with Crippen LogP contribution in [0.1, 0.15) is 35.3 Å². The van der Waals surface area contributed by atoms with Crippen molar-refractivity contribution in [1.29, 1.82) is 0 Å². The van der Waals surface area contributed by atoms with Crippen LogP contribution in [0.3, 0.4) is 0 Å². The molecule has 0 amide bonds. The third kappa shape index (κ3) is 3.71. The monoisotopic (exact) mass is 412 g/mol. The molecule has 2 aromatic carbocycles. The first kappa shape index (κ1) is 18.8. The molecule has 1 aromatic heterocycles. The van der Waals surface area contributed by atoms with Crippen molar-refractivity contribution in [2.75, 3.05) is 0 Å². The van der Waals surface area contributed by atoms with Crippen LogP contribution in [0.2, 0.25) is 10.0 Å². The summed E-state index contributed by atoms with van der Waals surface area (Å²) >= 11 is 12.3. The maximum atomic E-state index is 13.3.